The van der Waals surface area contributed by atoms with Gasteiger partial charge in [-0.3, -0.25) is 4.79 Å². The highest BCUT2D eigenvalue weighted by Gasteiger charge is 2.27. The summed E-state index contributed by atoms with van der Waals surface area (Å²) in [5.41, 5.74) is 2.13. The third-order valence-electron chi connectivity index (χ3n) is 5.38. The Morgan fingerprint density at radius 1 is 1.27 bits per heavy atom. The number of rotatable bonds is 1. The van der Waals surface area contributed by atoms with Crippen LogP contribution in [0, 0.1) is 12.8 Å². The Labute approximate surface area is 155 Å². The summed E-state index contributed by atoms with van der Waals surface area (Å²) in [7, 11) is 0. The lowest BCUT2D eigenvalue weighted by Gasteiger charge is -2.25. The van der Waals surface area contributed by atoms with E-state index in [1.165, 1.54) is 16.9 Å². The number of ether oxygens (including phenoxy) is 1. The predicted molar refractivity (Wildman–Crippen MR) is 98.8 cm³/mol. The molecule has 2 aliphatic rings. The second kappa shape index (κ2) is 5.99. The van der Waals surface area contributed by atoms with Crippen LogP contribution in [0.3, 0.4) is 0 Å². The molecule has 0 aromatic carbocycles. The molecule has 1 amide bonds. The second-order valence-corrected chi connectivity index (χ2v) is 8.35. The van der Waals surface area contributed by atoms with Crippen LogP contribution in [0.1, 0.15) is 40.2 Å². The van der Waals surface area contributed by atoms with Gasteiger partial charge in [0.25, 0.3) is 5.91 Å². The molecule has 0 spiro atoms. The zero-order valence-corrected chi connectivity index (χ0v) is 15.8. The third kappa shape index (κ3) is 2.43. The molecule has 3 aromatic heterocycles. The predicted octanol–water partition coefficient (Wildman–Crippen LogP) is 2.24. The minimum absolute atomic E-state index is 0.123. The number of aryl methyl sites for hydroxylation is 2. The van der Waals surface area contributed by atoms with Crippen molar-refractivity contribution < 1.29 is 9.53 Å². The van der Waals surface area contributed by atoms with E-state index >= 15 is 0 Å². The number of hydrogen-bond donors (Lipinski definition) is 0. The molecule has 1 atom stereocenters. The van der Waals surface area contributed by atoms with Gasteiger partial charge >= 0.3 is 0 Å². The SMILES string of the molecule is Cc1nc2sc3c(c2c2nc(C(=O)N4CCOCC4)nn12)CC(C)CC3. The van der Waals surface area contributed by atoms with Gasteiger partial charge in [-0.25, -0.2) is 9.97 Å². The molecule has 8 heteroatoms. The highest BCUT2D eigenvalue weighted by Crippen LogP contribution is 2.39. The summed E-state index contributed by atoms with van der Waals surface area (Å²) >= 11 is 1.77. The highest BCUT2D eigenvalue weighted by atomic mass is 32.1. The van der Waals surface area contributed by atoms with Crippen LogP contribution >= 0.6 is 11.3 Å². The minimum atomic E-state index is -0.123. The summed E-state index contributed by atoms with van der Waals surface area (Å²) in [4.78, 5) is 26.4. The fourth-order valence-electron chi connectivity index (χ4n) is 3.95. The van der Waals surface area contributed by atoms with Crippen molar-refractivity contribution in [3.05, 3.63) is 22.1 Å². The lowest BCUT2D eigenvalue weighted by molar-refractivity contribution is 0.0295. The van der Waals surface area contributed by atoms with Crippen molar-refractivity contribution in [3.8, 4) is 0 Å². The maximum absolute atomic E-state index is 12.8. The summed E-state index contributed by atoms with van der Waals surface area (Å²) in [5, 5.41) is 5.59. The molecule has 1 aliphatic carbocycles. The molecule has 26 heavy (non-hydrogen) atoms. The van der Waals surface area contributed by atoms with Crippen molar-refractivity contribution in [2.75, 3.05) is 26.3 Å². The summed E-state index contributed by atoms with van der Waals surface area (Å²) in [6.07, 6.45) is 3.38. The number of morpholine rings is 1. The van der Waals surface area contributed by atoms with Gasteiger partial charge in [0.15, 0.2) is 5.65 Å². The molecule has 7 nitrogen and oxygen atoms in total. The van der Waals surface area contributed by atoms with Crippen LogP contribution in [0.4, 0.5) is 0 Å². The molecule has 3 aromatic rings. The van der Waals surface area contributed by atoms with E-state index in [2.05, 4.69) is 17.0 Å². The highest BCUT2D eigenvalue weighted by molar-refractivity contribution is 7.19. The summed E-state index contributed by atoms with van der Waals surface area (Å²) in [6.45, 7) is 6.53. The maximum Gasteiger partial charge on any atom is 0.293 e. The fraction of sp³-hybridized carbons (Fsp3) is 0.556. The molecule has 5 rings (SSSR count). The van der Waals surface area contributed by atoms with E-state index in [-0.39, 0.29) is 11.7 Å². The Hall–Kier alpha value is -2.06. The van der Waals surface area contributed by atoms with Gasteiger partial charge in [-0.05, 0) is 37.7 Å². The number of nitrogens with zero attached hydrogens (tertiary/aromatic N) is 5. The quantitative estimate of drug-likeness (QED) is 0.656. The topological polar surface area (TPSA) is 72.6 Å². The Bertz CT molecular complexity index is 1020. The fourth-order valence-corrected chi connectivity index (χ4v) is 5.20. The lowest BCUT2D eigenvalue weighted by Crippen LogP contribution is -2.41. The number of fused-ring (bicyclic) bond motifs is 5. The van der Waals surface area contributed by atoms with Gasteiger partial charge < -0.3 is 9.64 Å². The van der Waals surface area contributed by atoms with Crippen LogP contribution in [0.5, 0.6) is 0 Å². The second-order valence-electron chi connectivity index (χ2n) is 7.27. The van der Waals surface area contributed by atoms with E-state index in [1.807, 2.05) is 6.92 Å². The number of hydrogen-bond acceptors (Lipinski definition) is 6. The van der Waals surface area contributed by atoms with Crippen molar-refractivity contribution in [1.29, 1.82) is 0 Å². The Kier molecular flexibility index (Phi) is 3.72. The van der Waals surface area contributed by atoms with Crippen LogP contribution in [0.2, 0.25) is 0 Å². The van der Waals surface area contributed by atoms with E-state index in [1.54, 1.807) is 20.8 Å². The Morgan fingerprint density at radius 2 is 2.08 bits per heavy atom. The molecule has 0 bridgehead atoms. The summed E-state index contributed by atoms with van der Waals surface area (Å²) < 4.78 is 7.07. The summed E-state index contributed by atoms with van der Waals surface area (Å²) in [5.74, 6) is 1.57. The number of thiophene rings is 1. The molecular weight excluding hydrogens is 350 g/mol. The first-order valence-electron chi connectivity index (χ1n) is 9.16. The van der Waals surface area contributed by atoms with Crippen molar-refractivity contribution in [1.82, 2.24) is 24.5 Å². The molecule has 4 heterocycles. The molecule has 0 saturated carbocycles. The minimum Gasteiger partial charge on any atom is -0.378 e. The smallest absolute Gasteiger partial charge is 0.293 e. The van der Waals surface area contributed by atoms with Crippen molar-refractivity contribution in [2.24, 2.45) is 5.92 Å². The first-order valence-corrected chi connectivity index (χ1v) is 9.98. The first-order chi connectivity index (χ1) is 12.6. The standard InChI is InChI=1S/C18H21N5O2S/c1-10-3-4-13-12(9-10)14-16-20-15(18(24)22-5-7-25-8-6-22)21-23(16)11(2)19-17(14)26-13/h10H,3-9H2,1-2H3. The van der Waals surface area contributed by atoms with Crippen molar-refractivity contribution >= 4 is 33.1 Å². The van der Waals surface area contributed by atoms with E-state index in [0.29, 0.717) is 32.2 Å². The van der Waals surface area contributed by atoms with E-state index in [4.69, 9.17) is 9.72 Å². The molecule has 1 aliphatic heterocycles. The average Bonchev–Trinajstić information content (AvgIpc) is 3.23. The zero-order chi connectivity index (χ0) is 17.8. The number of amides is 1. The third-order valence-corrected chi connectivity index (χ3v) is 6.56. The normalized spacial score (nSPS) is 20.7. The molecule has 0 N–H and O–H groups in total. The Balaban J connectivity index is 1.67. The molecule has 1 unspecified atom stereocenters. The van der Waals surface area contributed by atoms with E-state index < -0.39 is 0 Å². The van der Waals surface area contributed by atoms with E-state index in [0.717, 1.165) is 34.5 Å². The van der Waals surface area contributed by atoms with Crippen LogP contribution in [0.15, 0.2) is 0 Å². The molecule has 136 valence electrons. The first kappa shape index (κ1) is 16.1. The molecule has 1 fully saturated rings. The van der Waals surface area contributed by atoms with Gasteiger partial charge in [-0.2, -0.15) is 4.52 Å². The number of aromatic nitrogens is 4. The van der Waals surface area contributed by atoms with Gasteiger partial charge in [-0.1, -0.05) is 6.92 Å². The average molecular weight is 371 g/mol. The van der Waals surface area contributed by atoms with Crippen molar-refractivity contribution in [3.63, 3.8) is 0 Å². The van der Waals surface area contributed by atoms with Gasteiger partial charge in [0.1, 0.15) is 10.7 Å². The monoisotopic (exact) mass is 371 g/mol. The maximum atomic E-state index is 12.8. The van der Waals surface area contributed by atoms with Crippen LogP contribution in [-0.2, 0) is 17.6 Å². The molecular formula is C18H21N5O2S. The molecule has 1 saturated heterocycles. The number of carbonyl (C=O) groups is 1. The summed E-state index contributed by atoms with van der Waals surface area (Å²) in [6, 6.07) is 0. The Morgan fingerprint density at radius 3 is 2.88 bits per heavy atom. The number of carbonyl (C=O) groups excluding carboxylic acids is 1. The van der Waals surface area contributed by atoms with Gasteiger partial charge in [0, 0.05) is 18.0 Å². The largest absolute Gasteiger partial charge is 0.378 e. The van der Waals surface area contributed by atoms with Gasteiger partial charge in [0.05, 0.1) is 18.6 Å². The molecule has 0 radical (unpaired) electrons. The van der Waals surface area contributed by atoms with Crippen molar-refractivity contribution in [2.45, 2.75) is 33.1 Å². The van der Waals surface area contributed by atoms with Crippen LogP contribution in [-0.4, -0.2) is 56.7 Å². The van der Waals surface area contributed by atoms with Crippen LogP contribution in [0.25, 0.3) is 15.9 Å². The van der Waals surface area contributed by atoms with E-state index in [9.17, 15) is 4.79 Å². The lowest BCUT2D eigenvalue weighted by atomic mass is 9.89. The van der Waals surface area contributed by atoms with Gasteiger partial charge in [0.2, 0.25) is 5.82 Å². The zero-order valence-electron chi connectivity index (χ0n) is 15.0. The van der Waals surface area contributed by atoms with Gasteiger partial charge in [-0.15, -0.1) is 16.4 Å². The van der Waals surface area contributed by atoms with Crippen LogP contribution < -0.4 is 0 Å².